The van der Waals surface area contributed by atoms with Gasteiger partial charge in [-0.25, -0.2) is 0 Å². The largest absolute Gasteiger partial charge is 0.480 e. The summed E-state index contributed by atoms with van der Waals surface area (Å²) in [7, 11) is 0. The van der Waals surface area contributed by atoms with Gasteiger partial charge in [-0.15, -0.1) is 0 Å². The number of hydrogen-bond acceptors (Lipinski definition) is 2. The van der Waals surface area contributed by atoms with Gasteiger partial charge >= 0.3 is 5.97 Å². The van der Waals surface area contributed by atoms with Gasteiger partial charge in [-0.05, 0) is 38.6 Å². The summed E-state index contributed by atoms with van der Waals surface area (Å²) in [4.78, 5) is 13.3. The number of allylic oxidation sites excluding steroid dienone is 1. The van der Waals surface area contributed by atoms with Crippen molar-refractivity contribution in [3.05, 3.63) is 12.2 Å². The number of carboxylic acids is 1. The molecular weight excluding hydrogens is 190 g/mol. The standard InChI is InChI=1S/C12H19NO2/c1-2-5-9-8-11(12(14)15)13-7-4-3-6-10(9)13/h2,5,9-11H,3-4,6-8H2,1H3,(H,14,15)/b5-2-. The normalized spacial score (nSPS) is 37.0. The third-order valence-corrected chi connectivity index (χ3v) is 3.71. The molecule has 2 aliphatic heterocycles. The number of carbonyl (C=O) groups is 1. The maximum Gasteiger partial charge on any atom is 0.320 e. The summed E-state index contributed by atoms with van der Waals surface area (Å²) < 4.78 is 0. The summed E-state index contributed by atoms with van der Waals surface area (Å²) >= 11 is 0. The Morgan fingerprint density at radius 3 is 2.93 bits per heavy atom. The maximum atomic E-state index is 11.1. The molecule has 2 saturated heterocycles. The molecule has 0 spiro atoms. The van der Waals surface area contributed by atoms with Crippen molar-refractivity contribution in [2.45, 2.75) is 44.7 Å². The lowest BCUT2D eigenvalue weighted by molar-refractivity contribution is -0.143. The number of aliphatic carboxylic acids is 1. The minimum atomic E-state index is -0.645. The number of nitrogens with zero attached hydrogens (tertiary/aromatic N) is 1. The topological polar surface area (TPSA) is 40.5 Å². The average molecular weight is 209 g/mol. The number of carboxylic acid groups (broad SMARTS) is 1. The van der Waals surface area contributed by atoms with Gasteiger partial charge < -0.3 is 5.11 Å². The molecule has 0 aromatic heterocycles. The fraction of sp³-hybridized carbons (Fsp3) is 0.750. The zero-order valence-electron chi connectivity index (χ0n) is 9.22. The fourth-order valence-corrected chi connectivity index (χ4v) is 3.07. The Morgan fingerprint density at radius 2 is 2.27 bits per heavy atom. The Bertz CT molecular complexity index is 275. The molecule has 84 valence electrons. The summed E-state index contributed by atoms with van der Waals surface area (Å²) in [5, 5.41) is 9.17. The Balaban J connectivity index is 2.15. The van der Waals surface area contributed by atoms with Crippen molar-refractivity contribution in [3.8, 4) is 0 Å². The molecule has 0 saturated carbocycles. The minimum Gasteiger partial charge on any atom is -0.480 e. The molecule has 0 aliphatic carbocycles. The van der Waals surface area contributed by atoms with Crippen LogP contribution in [0.2, 0.25) is 0 Å². The van der Waals surface area contributed by atoms with Crippen LogP contribution in [0.5, 0.6) is 0 Å². The van der Waals surface area contributed by atoms with Gasteiger partial charge in [0.05, 0.1) is 0 Å². The van der Waals surface area contributed by atoms with Crippen LogP contribution in [-0.2, 0) is 4.79 Å². The maximum absolute atomic E-state index is 11.1. The van der Waals surface area contributed by atoms with E-state index in [-0.39, 0.29) is 6.04 Å². The second kappa shape index (κ2) is 4.35. The highest BCUT2D eigenvalue weighted by atomic mass is 16.4. The number of fused-ring (bicyclic) bond motifs is 1. The minimum absolute atomic E-state index is 0.239. The fourth-order valence-electron chi connectivity index (χ4n) is 3.07. The predicted molar refractivity (Wildman–Crippen MR) is 58.7 cm³/mol. The zero-order chi connectivity index (χ0) is 10.8. The van der Waals surface area contributed by atoms with E-state index in [0.717, 1.165) is 19.4 Å². The van der Waals surface area contributed by atoms with Crippen molar-refractivity contribution >= 4 is 5.97 Å². The summed E-state index contributed by atoms with van der Waals surface area (Å²) in [5.74, 6) is -0.190. The summed E-state index contributed by atoms with van der Waals surface area (Å²) in [6.07, 6.45) is 8.61. The molecule has 0 aromatic rings. The molecule has 2 fully saturated rings. The van der Waals surface area contributed by atoms with Crippen LogP contribution in [0.25, 0.3) is 0 Å². The highest BCUT2D eigenvalue weighted by Gasteiger charge is 2.43. The monoisotopic (exact) mass is 209 g/mol. The van der Waals surface area contributed by atoms with Crippen LogP contribution in [0.3, 0.4) is 0 Å². The Labute approximate surface area is 90.8 Å². The molecule has 3 heteroatoms. The van der Waals surface area contributed by atoms with Gasteiger partial charge in [-0.2, -0.15) is 0 Å². The van der Waals surface area contributed by atoms with Crippen LogP contribution in [-0.4, -0.2) is 34.6 Å². The lowest BCUT2D eigenvalue weighted by Crippen LogP contribution is -2.44. The van der Waals surface area contributed by atoms with E-state index in [1.165, 1.54) is 12.8 Å². The van der Waals surface area contributed by atoms with Crippen LogP contribution >= 0.6 is 0 Å². The molecule has 2 rings (SSSR count). The van der Waals surface area contributed by atoms with Gasteiger partial charge in [0.2, 0.25) is 0 Å². The second-order valence-electron chi connectivity index (χ2n) is 4.58. The van der Waals surface area contributed by atoms with Crippen molar-refractivity contribution in [2.75, 3.05) is 6.54 Å². The van der Waals surface area contributed by atoms with E-state index < -0.39 is 5.97 Å². The molecular formula is C12H19NO2. The number of piperidine rings is 1. The van der Waals surface area contributed by atoms with Gasteiger partial charge in [0.15, 0.2) is 0 Å². The highest BCUT2D eigenvalue weighted by molar-refractivity contribution is 5.74. The number of hydrogen-bond donors (Lipinski definition) is 1. The van der Waals surface area contributed by atoms with Crippen molar-refractivity contribution in [3.63, 3.8) is 0 Å². The molecule has 3 nitrogen and oxygen atoms in total. The first-order valence-corrected chi connectivity index (χ1v) is 5.85. The second-order valence-corrected chi connectivity index (χ2v) is 4.58. The average Bonchev–Trinajstić information content (AvgIpc) is 2.59. The van der Waals surface area contributed by atoms with Gasteiger partial charge in [-0.1, -0.05) is 18.6 Å². The Hall–Kier alpha value is -0.830. The smallest absolute Gasteiger partial charge is 0.320 e. The summed E-state index contributed by atoms with van der Waals surface area (Å²) in [6.45, 7) is 2.98. The number of rotatable bonds is 2. The molecule has 0 aromatic carbocycles. The van der Waals surface area contributed by atoms with E-state index in [0.29, 0.717) is 12.0 Å². The molecule has 1 N–H and O–H groups in total. The third kappa shape index (κ3) is 1.93. The van der Waals surface area contributed by atoms with E-state index >= 15 is 0 Å². The molecule has 15 heavy (non-hydrogen) atoms. The van der Waals surface area contributed by atoms with Gasteiger partial charge in [0.25, 0.3) is 0 Å². The van der Waals surface area contributed by atoms with Crippen molar-refractivity contribution in [1.29, 1.82) is 0 Å². The van der Waals surface area contributed by atoms with Crippen LogP contribution < -0.4 is 0 Å². The van der Waals surface area contributed by atoms with E-state index in [9.17, 15) is 9.90 Å². The van der Waals surface area contributed by atoms with Gasteiger partial charge in [0.1, 0.15) is 6.04 Å². The van der Waals surface area contributed by atoms with E-state index in [2.05, 4.69) is 17.1 Å². The van der Waals surface area contributed by atoms with Crippen molar-refractivity contribution in [2.24, 2.45) is 5.92 Å². The first-order valence-electron chi connectivity index (χ1n) is 5.85. The quantitative estimate of drug-likeness (QED) is 0.706. The van der Waals surface area contributed by atoms with Crippen LogP contribution in [0, 0.1) is 5.92 Å². The third-order valence-electron chi connectivity index (χ3n) is 3.71. The predicted octanol–water partition coefficient (Wildman–Crippen LogP) is 1.89. The van der Waals surface area contributed by atoms with Crippen molar-refractivity contribution in [1.82, 2.24) is 4.90 Å². The SMILES string of the molecule is C/C=C\C1CC(C(=O)O)N2CCCCC12. The van der Waals surface area contributed by atoms with E-state index in [1.54, 1.807) is 0 Å². The highest BCUT2D eigenvalue weighted by Crippen LogP contribution is 2.36. The Kier molecular flexibility index (Phi) is 3.10. The van der Waals surface area contributed by atoms with Gasteiger partial charge in [-0.3, -0.25) is 9.69 Å². The Morgan fingerprint density at radius 1 is 1.47 bits per heavy atom. The van der Waals surface area contributed by atoms with Crippen LogP contribution in [0.4, 0.5) is 0 Å². The lowest BCUT2D eigenvalue weighted by atomic mass is 9.93. The first kappa shape index (κ1) is 10.7. The first-order chi connectivity index (χ1) is 7.24. The van der Waals surface area contributed by atoms with Gasteiger partial charge in [0, 0.05) is 6.04 Å². The molecule has 0 amide bonds. The molecule has 0 radical (unpaired) electrons. The molecule has 0 bridgehead atoms. The van der Waals surface area contributed by atoms with Crippen LogP contribution in [0.15, 0.2) is 12.2 Å². The molecule has 3 atom stereocenters. The van der Waals surface area contributed by atoms with E-state index in [4.69, 9.17) is 0 Å². The van der Waals surface area contributed by atoms with E-state index in [1.807, 2.05) is 6.92 Å². The lowest BCUT2D eigenvalue weighted by Gasteiger charge is -2.33. The van der Waals surface area contributed by atoms with Crippen LogP contribution in [0.1, 0.15) is 32.6 Å². The molecule has 3 unspecified atom stereocenters. The zero-order valence-corrected chi connectivity index (χ0v) is 9.22. The molecule has 2 heterocycles. The molecule has 2 aliphatic rings. The summed E-state index contributed by atoms with van der Waals surface area (Å²) in [6, 6.07) is 0.243. The summed E-state index contributed by atoms with van der Waals surface area (Å²) in [5.41, 5.74) is 0. The van der Waals surface area contributed by atoms with Crippen molar-refractivity contribution < 1.29 is 9.90 Å².